The number of nitrogens with one attached hydrogen (secondary N) is 3. The van der Waals surface area contributed by atoms with E-state index in [0.717, 1.165) is 0 Å². The van der Waals surface area contributed by atoms with E-state index in [1.165, 1.54) is 56.6 Å². The monoisotopic (exact) mass is 540 g/mol. The third-order valence-electron chi connectivity index (χ3n) is 6.47. The second kappa shape index (κ2) is 12.4. The molecule has 4 amide bonds. The maximum atomic E-state index is 14.1. The number of hydrogen-bond acceptors (Lipinski definition) is 8. The van der Waals surface area contributed by atoms with Gasteiger partial charge < -0.3 is 15.4 Å². The van der Waals surface area contributed by atoms with Crippen molar-refractivity contribution in [2.24, 2.45) is 17.8 Å². The second-order valence-electron chi connectivity index (χ2n) is 9.50. The number of ether oxygens (including phenoxy) is 1. The van der Waals surface area contributed by atoms with Crippen molar-refractivity contribution >= 4 is 35.4 Å². The average molecular weight is 541 g/mol. The van der Waals surface area contributed by atoms with Crippen molar-refractivity contribution < 1.29 is 37.9 Å². The Morgan fingerprint density at radius 1 is 1.05 bits per heavy atom. The van der Waals surface area contributed by atoms with Crippen molar-refractivity contribution in [1.82, 2.24) is 20.9 Å². The van der Waals surface area contributed by atoms with Crippen molar-refractivity contribution in [3.8, 4) is 0 Å². The summed E-state index contributed by atoms with van der Waals surface area (Å²) in [5, 5.41) is 7.35. The number of hydrogen-bond donors (Lipinski definition) is 3. The fraction of sp³-hybridized carbons (Fsp3) is 0.370. The Morgan fingerprint density at radius 3 is 2.26 bits per heavy atom. The minimum absolute atomic E-state index is 0.234. The lowest BCUT2D eigenvalue weighted by Gasteiger charge is -2.26. The summed E-state index contributed by atoms with van der Waals surface area (Å²) >= 11 is 0. The van der Waals surface area contributed by atoms with E-state index in [2.05, 4.69) is 25.7 Å². The molecule has 3 N–H and O–H groups in total. The number of carbonyl (C=O) groups is 6. The topological polar surface area (TPSA) is 161 Å². The number of nitrogens with zero attached hydrogens (tertiary/aromatic N) is 1. The lowest BCUT2D eigenvalue weighted by molar-refractivity contribution is -0.137. The van der Waals surface area contributed by atoms with E-state index >= 15 is 0 Å². The number of halogens is 1. The van der Waals surface area contributed by atoms with Gasteiger partial charge in [-0.25, -0.2) is 9.78 Å². The first-order valence-corrected chi connectivity index (χ1v) is 12.2. The lowest BCUT2D eigenvalue weighted by atomic mass is 9.85. The van der Waals surface area contributed by atoms with E-state index in [1.807, 2.05) is 0 Å². The van der Waals surface area contributed by atoms with Crippen molar-refractivity contribution in [3.63, 3.8) is 0 Å². The molecule has 0 spiro atoms. The van der Waals surface area contributed by atoms with Crippen LogP contribution in [0.4, 0.5) is 4.39 Å². The second-order valence-corrected chi connectivity index (χ2v) is 9.50. The number of benzene rings is 1. The van der Waals surface area contributed by atoms with Crippen LogP contribution in [-0.2, 0) is 23.9 Å². The highest BCUT2D eigenvalue weighted by Crippen LogP contribution is 2.24. The summed E-state index contributed by atoms with van der Waals surface area (Å²) in [7, 11) is 1.23. The minimum atomic E-state index is -1.24. The molecule has 1 fully saturated rings. The zero-order chi connectivity index (χ0) is 28.9. The van der Waals surface area contributed by atoms with Crippen LogP contribution in [0.15, 0.2) is 42.6 Å². The van der Waals surface area contributed by atoms with Gasteiger partial charge in [0.25, 0.3) is 5.91 Å². The molecule has 3 rings (SSSR count). The first kappa shape index (κ1) is 29.1. The van der Waals surface area contributed by atoms with Gasteiger partial charge in [0.05, 0.1) is 42.7 Å². The first-order valence-electron chi connectivity index (χ1n) is 12.2. The fourth-order valence-electron chi connectivity index (χ4n) is 4.26. The van der Waals surface area contributed by atoms with Crippen molar-refractivity contribution in [1.29, 1.82) is 0 Å². The Kier molecular flexibility index (Phi) is 9.23. The molecule has 4 atom stereocenters. The summed E-state index contributed by atoms with van der Waals surface area (Å²) in [6, 6.07) is 6.43. The zero-order valence-electron chi connectivity index (χ0n) is 21.8. The molecule has 0 saturated carbocycles. The highest BCUT2D eigenvalue weighted by molar-refractivity contribution is 6.16. The van der Waals surface area contributed by atoms with Crippen LogP contribution >= 0.6 is 0 Å². The Balaban J connectivity index is 1.84. The van der Waals surface area contributed by atoms with Gasteiger partial charge >= 0.3 is 5.97 Å². The molecule has 0 aliphatic carbocycles. The Morgan fingerprint density at radius 2 is 1.72 bits per heavy atom. The van der Waals surface area contributed by atoms with E-state index in [4.69, 9.17) is 0 Å². The number of Topliss-reactive ketones (excluding diaryl/α,β-unsaturated/α-hetero) is 1. The highest BCUT2D eigenvalue weighted by atomic mass is 19.1. The van der Waals surface area contributed by atoms with Crippen LogP contribution in [0.2, 0.25) is 0 Å². The number of imide groups is 1. The van der Waals surface area contributed by atoms with E-state index in [0.29, 0.717) is 5.56 Å². The number of esters is 1. The summed E-state index contributed by atoms with van der Waals surface area (Å²) in [6.07, 6.45) is 0.817. The molecule has 0 radical (unpaired) electrons. The van der Waals surface area contributed by atoms with Crippen molar-refractivity contribution in [2.75, 3.05) is 7.11 Å². The largest absolute Gasteiger partial charge is 0.465 e. The molecule has 11 nitrogen and oxygen atoms in total. The summed E-state index contributed by atoms with van der Waals surface area (Å²) in [5.74, 6) is -7.47. The molecule has 12 heteroatoms. The lowest BCUT2D eigenvalue weighted by Crippen LogP contribution is -2.49. The Hall–Kier alpha value is -4.48. The van der Waals surface area contributed by atoms with E-state index < -0.39 is 71.2 Å². The van der Waals surface area contributed by atoms with E-state index in [-0.39, 0.29) is 17.5 Å². The van der Waals surface area contributed by atoms with Crippen LogP contribution in [0.1, 0.15) is 59.5 Å². The SMILES string of the molecule is COC(=O)c1ccc(C(CC(=O)N[C@@H](C(=O)[C@@H]2C(=O)NC(=O)[C@H]2C)C(C)C)NC(=O)c2cccnc2F)cc1. The number of pyridine rings is 1. The van der Waals surface area contributed by atoms with Crippen LogP contribution in [0.5, 0.6) is 0 Å². The summed E-state index contributed by atoms with van der Waals surface area (Å²) in [4.78, 5) is 78.5. The van der Waals surface area contributed by atoms with Gasteiger partial charge in [-0.15, -0.1) is 0 Å². The van der Waals surface area contributed by atoms with Gasteiger partial charge in [-0.3, -0.25) is 29.3 Å². The van der Waals surface area contributed by atoms with Crippen LogP contribution in [0.25, 0.3) is 0 Å². The molecular weight excluding hydrogens is 511 g/mol. The Bertz CT molecular complexity index is 1300. The molecule has 1 aliphatic rings. The molecule has 2 heterocycles. The summed E-state index contributed by atoms with van der Waals surface area (Å²) in [6.45, 7) is 4.82. The van der Waals surface area contributed by atoms with E-state index in [1.54, 1.807) is 13.8 Å². The molecule has 2 aromatic rings. The van der Waals surface area contributed by atoms with Crippen LogP contribution in [0, 0.1) is 23.7 Å². The molecular formula is C27H29FN4O7. The van der Waals surface area contributed by atoms with Gasteiger partial charge in [0, 0.05) is 6.20 Å². The van der Waals surface area contributed by atoms with Crippen LogP contribution in [0.3, 0.4) is 0 Å². The van der Waals surface area contributed by atoms with Crippen LogP contribution in [-0.4, -0.2) is 53.5 Å². The van der Waals surface area contributed by atoms with Gasteiger partial charge in [0.1, 0.15) is 5.92 Å². The molecule has 1 aromatic carbocycles. The van der Waals surface area contributed by atoms with Gasteiger partial charge in [0.2, 0.25) is 23.7 Å². The van der Waals surface area contributed by atoms with Gasteiger partial charge in [-0.05, 0) is 35.7 Å². The average Bonchev–Trinajstić information content (AvgIpc) is 3.16. The number of aromatic nitrogens is 1. The predicted octanol–water partition coefficient (Wildman–Crippen LogP) is 1.49. The van der Waals surface area contributed by atoms with Gasteiger partial charge in [-0.1, -0.05) is 32.9 Å². The smallest absolute Gasteiger partial charge is 0.337 e. The number of rotatable bonds is 10. The van der Waals surface area contributed by atoms with Gasteiger partial charge in [-0.2, -0.15) is 4.39 Å². The normalized spacial score (nSPS) is 18.2. The number of methoxy groups -OCH3 is 1. The third-order valence-corrected chi connectivity index (χ3v) is 6.47. The van der Waals surface area contributed by atoms with E-state index in [9.17, 15) is 33.2 Å². The van der Waals surface area contributed by atoms with Crippen molar-refractivity contribution in [2.45, 2.75) is 39.3 Å². The molecule has 1 saturated heterocycles. The molecule has 0 bridgehead atoms. The Labute approximate surface area is 223 Å². The quantitative estimate of drug-likeness (QED) is 0.177. The molecule has 1 aromatic heterocycles. The number of amides is 4. The van der Waals surface area contributed by atoms with Crippen molar-refractivity contribution in [3.05, 3.63) is 65.2 Å². The fourth-order valence-corrected chi connectivity index (χ4v) is 4.26. The maximum Gasteiger partial charge on any atom is 0.337 e. The maximum absolute atomic E-state index is 14.1. The highest BCUT2D eigenvalue weighted by Gasteiger charge is 2.46. The molecule has 1 unspecified atom stereocenters. The van der Waals surface area contributed by atoms with Crippen LogP contribution < -0.4 is 16.0 Å². The predicted molar refractivity (Wildman–Crippen MR) is 134 cm³/mol. The third kappa shape index (κ3) is 6.70. The molecule has 39 heavy (non-hydrogen) atoms. The molecule has 206 valence electrons. The van der Waals surface area contributed by atoms with Gasteiger partial charge in [0.15, 0.2) is 5.78 Å². The standard InChI is InChI=1S/C27H29FN4O7/c1-13(2)21(22(34)20-14(3)24(35)32-26(20)37)31-19(33)12-18(15-7-9-16(10-8-15)27(38)39-4)30-25(36)17-6-5-11-29-23(17)28/h5-11,13-14,18,20-21H,12H2,1-4H3,(H,30,36)(H,31,33)(H,32,35,37)/t14-,18?,20+,21+/m0/s1. The minimum Gasteiger partial charge on any atom is -0.465 e. The zero-order valence-corrected chi connectivity index (χ0v) is 21.8. The first-order chi connectivity index (χ1) is 18.4. The molecule has 1 aliphatic heterocycles. The number of ketones is 1. The summed E-state index contributed by atoms with van der Waals surface area (Å²) < 4.78 is 18.8. The number of carbonyl (C=O) groups excluding carboxylic acids is 6. The summed E-state index contributed by atoms with van der Waals surface area (Å²) in [5.41, 5.74) is 0.311.